The van der Waals surface area contributed by atoms with Crippen LogP contribution >= 0.6 is 11.6 Å². The highest BCUT2D eigenvalue weighted by Crippen LogP contribution is 2.23. The first-order chi connectivity index (χ1) is 12.4. The molecule has 0 radical (unpaired) electrons. The molecular formula is C17H19ClN2O5S. The van der Waals surface area contributed by atoms with Gasteiger partial charge in [0.15, 0.2) is 0 Å². The van der Waals surface area contributed by atoms with E-state index in [1.165, 1.54) is 25.2 Å². The molecule has 2 aromatic carbocycles. The molecule has 0 saturated heterocycles. The van der Waals surface area contributed by atoms with Gasteiger partial charge in [-0.25, -0.2) is 13.1 Å². The Hall–Kier alpha value is -2.13. The second-order valence-electron chi connectivity index (χ2n) is 5.17. The van der Waals surface area contributed by atoms with Gasteiger partial charge in [-0.05, 0) is 37.4 Å². The minimum atomic E-state index is -3.68. The van der Waals surface area contributed by atoms with Crippen molar-refractivity contribution in [2.45, 2.75) is 4.90 Å². The highest BCUT2D eigenvalue weighted by molar-refractivity contribution is 7.89. The maximum Gasteiger partial charge on any atom is 0.257 e. The Bertz CT molecular complexity index is 886. The third kappa shape index (κ3) is 5.18. The standard InChI is InChI=1S/C17H19ClN2O5S/c1-19-26(22,23)14-6-7-16(18)15(11-14)17(21)20-12-4-3-5-13(10-12)25-9-8-24-2/h3-7,10-11,19H,8-9H2,1-2H3,(H,20,21). The Kier molecular flexibility index (Phi) is 6.98. The van der Waals surface area contributed by atoms with E-state index in [1.54, 1.807) is 31.4 Å². The summed E-state index contributed by atoms with van der Waals surface area (Å²) in [6, 6.07) is 10.7. The molecule has 2 aromatic rings. The first-order valence-corrected chi connectivity index (χ1v) is 9.49. The minimum Gasteiger partial charge on any atom is -0.491 e. The second-order valence-corrected chi connectivity index (χ2v) is 7.47. The average molecular weight is 399 g/mol. The van der Waals surface area contributed by atoms with Crippen LogP contribution in [0, 0.1) is 0 Å². The maximum absolute atomic E-state index is 12.5. The lowest BCUT2D eigenvalue weighted by atomic mass is 10.2. The molecular weight excluding hydrogens is 380 g/mol. The molecule has 0 saturated carbocycles. The van der Waals surface area contributed by atoms with E-state index in [4.69, 9.17) is 21.1 Å². The molecule has 0 heterocycles. The van der Waals surface area contributed by atoms with Crippen molar-refractivity contribution < 1.29 is 22.7 Å². The number of nitrogens with one attached hydrogen (secondary N) is 2. The predicted octanol–water partition coefficient (Wildman–Crippen LogP) is 2.53. The zero-order valence-electron chi connectivity index (χ0n) is 14.3. The Morgan fingerprint density at radius 2 is 1.92 bits per heavy atom. The van der Waals surface area contributed by atoms with E-state index in [0.29, 0.717) is 24.7 Å². The van der Waals surface area contributed by atoms with Gasteiger partial charge in [-0.3, -0.25) is 4.79 Å². The van der Waals surface area contributed by atoms with Crippen molar-refractivity contribution in [1.82, 2.24) is 4.72 Å². The van der Waals surface area contributed by atoms with Crippen LogP contribution in [-0.4, -0.2) is 41.7 Å². The SMILES string of the molecule is CNS(=O)(=O)c1ccc(Cl)c(C(=O)Nc2cccc(OCCOC)c2)c1. The molecule has 0 bridgehead atoms. The van der Waals surface area contributed by atoms with Crippen molar-refractivity contribution in [1.29, 1.82) is 0 Å². The van der Waals surface area contributed by atoms with Gasteiger partial charge in [0.25, 0.3) is 5.91 Å². The van der Waals surface area contributed by atoms with Gasteiger partial charge in [0, 0.05) is 18.9 Å². The molecule has 2 rings (SSSR count). The molecule has 0 atom stereocenters. The van der Waals surface area contributed by atoms with Gasteiger partial charge in [0.05, 0.1) is 22.1 Å². The van der Waals surface area contributed by atoms with Crippen LogP contribution in [0.2, 0.25) is 5.02 Å². The normalized spacial score (nSPS) is 11.2. The number of carbonyl (C=O) groups excluding carboxylic acids is 1. The number of carbonyl (C=O) groups is 1. The van der Waals surface area contributed by atoms with Gasteiger partial charge < -0.3 is 14.8 Å². The van der Waals surface area contributed by atoms with Crippen molar-refractivity contribution in [3.8, 4) is 5.75 Å². The van der Waals surface area contributed by atoms with E-state index in [0.717, 1.165) is 0 Å². The van der Waals surface area contributed by atoms with E-state index < -0.39 is 15.9 Å². The zero-order chi connectivity index (χ0) is 19.2. The van der Waals surface area contributed by atoms with Crippen molar-refractivity contribution in [2.24, 2.45) is 0 Å². The summed E-state index contributed by atoms with van der Waals surface area (Å²) in [5.74, 6) is 0.0367. The van der Waals surface area contributed by atoms with Crippen LogP contribution in [0.15, 0.2) is 47.4 Å². The lowest BCUT2D eigenvalue weighted by Crippen LogP contribution is -2.20. The average Bonchev–Trinajstić information content (AvgIpc) is 2.62. The fourth-order valence-electron chi connectivity index (χ4n) is 2.07. The zero-order valence-corrected chi connectivity index (χ0v) is 15.9. The van der Waals surface area contributed by atoms with Crippen molar-refractivity contribution >= 4 is 33.2 Å². The first-order valence-electron chi connectivity index (χ1n) is 7.63. The Morgan fingerprint density at radius 1 is 1.15 bits per heavy atom. The van der Waals surface area contributed by atoms with Crippen LogP contribution in [0.1, 0.15) is 10.4 Å². The molecule has 140 valence electrons. The predicted molar refractivity (Wildman–Crippen MR) is 99.5 cm³/mol. The summed E-state index contributed by atoms with van der Waals surface area (Å²) < 4.78 is 36.4. The quantitative estimate of drug-likeness (QED) is 0.666. The summed E-state index contributed by atoms with van der Waals surface area (Å²) in [6.07, 6.45) is 0. The number of hydrogen-bond acceptors (Lipinski definition) is 5. The molecule has 7 nitrogen and oxygen atoms in total. The van der Waals surface area contributed by atoms with Crippen LogP contribution in [0.3, 0.4) is 0 Å². The van der Waals surface area contributed by atoms with Crippen LogP contribution in [0.4, 0.5) is 5.69 Å². The number of rotatable bonds is 8. The minimum absolute atomic E-state index is 0.0497. The van der Waals surface area contributed by atoms with E-state index in [2.05, 4.69) is 10.0 Å². The lowest BCUT2D eigenvalue weighted by molar-refractivity contribution is 0.102. The van der Waals surface area contributed by atoms with Gasteiger partial charge in [0.1, 0.15) is 12.4 Å². The number of amides is 1. The monoisotopic (exact) mass is 398 g/mol. The Balaban J connectivity index is 2.20. The summed E-state index contributed by atoms with van der Waals surface area (Å²) >= 11 is 6.05. The summed E-state index contributed by atoms with van der Waals surface area (Å²) in [5, 5.41) is 2.82. The summed E-state index contributed by atoms with van der Waals surface area (Å²) in [6.45, 7) is 0.822. The molecule has 26 heavy (non-hydrogen) atoms. The number of benzene rings is 2. The van der Waals surface area contributed by atoms with Gasteiger partial charge in [0.2, 0.25) is 10.0 Å². The van der Waals surface area contributed by atoms with Crippen molar-refractivity contribution in [3.05, 3.63) is 53.1 Å². The highest BCUT2D eigenvalue weighted by Gasteiger charge is 2.17. The second kappa shape index (κ2) is 9.00. The molecule has 1 amide bonds. The van der Waals surface area contributed by atoms with E-state index in [-0.39, 0.29) is 15.5 Å². The van der Waals surface area contributed by atoms with E-state index >= 15 is 0 Å². The van der Waals surface area contributed by atoms with Gasteiger partial charge in [-0.1, -0.05) is 17.7 Å². The third-order valence-corrected chi connectivity index (χ3v) is 5.15. The number of hydrogen-bond donors (Lipinski definition) is 2. The summed E-state index contributed by atoms with van der Waals surface area (Å²) in [5.41, 5.74) is 0.538. The van der Waals surface area contributed by atoms with E-state index in [1.807, 2.05) is 0 Å². The first kappa shape index (κ1) is 20.2. The molecule has 0 aromatic heterocycles. The molecule has 9 heteroatoms. The molecule has 0 aliphatic heterocycles. The van der Waals surface area contributed by atoms with Gasteiger partial charge >= 0.3 is 0 Å². The van der Waals surface area contributed by atoms with Gasteiger partial charge in [-0.2, -0.15) is 0 Å². The smallest absolute Gasteiger partial charge is 0.257 e. The topological polar surface area (TPSA) is 93.7 Å². The fraction of sp³-hybridized carbons (Fsp3) is 0.235. The highest BCUT2D eigenvalue weighted by atomic mass is 35.5. The number of ether oxygens (including phenoxy) is 2. The van der Waals surface area contributed by atoms with Crippen LogP contribution in [-0.2, 0) is 14.8 Å². The van der Waals surface area contributed by atoms with Crippen molar-refractivity contribution in [2.75, 3.05) is 32.7 Å². The number of anilines is 1. The maximum atomic E-state index is 12.5. The third-order valence-electron chi connectivity index (χ3n) is 3.41. The largest absolute Gasteiger partial charge is 0.491 e. The number of halogens is 1. The number of sulfonamides is 1. The van der Waals surface area contributed by atoms with E-state index in [9.17, 15) is 13.2 Å². The van der Waals surface area contributed by atoms with Crippen LogP contribution in [0.25, 0.3) is 0 Å². The molecule has 0 fully saturated rings. The summed E-state index contributed by atoms with van der Waals surface area (Å²) in [4.78, 5) is 12.5. The fourth-order valence-corrected chi connectivity index (χ4v) is 3.03. The molecule has 2 N–H and O–H groups in total. The number of methoxy groups -OCH3 is 1. The van der Waals surface area contributed by atoms with Crippen LogP contribution in [0.5, 0.6) is 5.75 Å². The Labute approximate surface area is 157 Å². The summed E-state index contributed by atoms with van der Waals surface area (Å²) in [7, 11) is -0.818. The Morgan fingerprint density at radius 3 is 2.62 bits per heavy atom. The van der Waals surface area contributed by atoms with Crippen LogP contribution < -0.4 is 14.8 Å². The molecule has 0 spiro atoms. The molecule has 0 aliphatic carbocycles. The lowest BCUT2D eigenvalue weighted by Gasteiger charge is -2.11. The van der Waals surface area contributed by atoms with Crippen molar-refractivity contribution in [3.63, 3.8) is 0 Å². The molecule has 0 unspecified atom stereocenters. The molecule has 0 aliphatic rings. The van der Waals surface area contributed by atoms with Gasteiger partial charge in [-0.15, -0.1) is 0 Å².